The summed E-state index contributed by atoms with van der Waals surface area (Å²) in [6, 6.07) is 0.484. The number of likely N-dealkylation sites (N-methyl/N-ethyl adjacent to an activating group) is 1. The van der Waals surface area contributed by atoms with Gasteiger partial charge in [-0.3, -0.25) is 0 Å². The first-order chi connectivity index (χ1) is 8.72. The van der Waals surface area contributed by atoms with Gasteiger partial charge in [-0.25, -0.2) is 9.97 Å². The molecule has 1 aliphatic heterocycles. The second-order valence-corrected chi connectivity index (χ2v) is 5.10. The number of hydrogen-bond acceptors (Lipinski definition) is 4. The highest BCUT2D eigenvalue weighted by Crippen LogP contribution is 2.23. The van der Waals surface area contributed by atoms with Crippen molar-refractivity contribution < 1.29 is 4.74 Å². The van der Waals surface area contributed by atoms with Crippen molar-refractivity contribution in [3.8, 4) is 5.88 Å². The molecule has 1 fully saturated rings. The van der Waals surface area contributed by atoms with E-state index in [4.69, 9.17) is 16.3 Å². The van der Waals surface area contributed by atoms with E-state index < -0.39 is 0 Å². The number of rotatable bonds is 4. The second-order valence-electron chi connectivity index (χ2n) is 4.74. The molecule has 0 saturated carbocycles. The quantitative estimate of drug-likeness (QED) is 0.788. The van der Waals surface area contributed by atoms with Gasteiger partial charge in [-0.2, -0.15) is 0 Å². The minimum absolute atomic E-state index is 0.484. The molecule has 100 valence electrons. The zero-order valence-electron chi connectivity index (χ0n) is 11.0. The molecule has 18 heavy (non-hydrogen) atoms. The Labute approximate surface area is 113 Å². The van der Waals surface area contributed by atoms with E-state index in [9.17, 15) is 0 Å². The molecule has 1 unspecified atom stereocenters. The lowest BCUT2D eigenvalue weighted by atomic mass is 10.0. The normalized spacial score (nSPS) is 20.9. The van der Waals surface area contributed by atoms with Gasteiger partial charge in [0.15, 0.2) is 0 Å². The minimum atomic E-state index is 0.484. The molecule has 2 heterocycles. The molecule has 2 rings (SSSR count). The molecule has 0 radical (unpaired) electrons. The molecule has 0 aromatic carbocycles. The van der Waals surface area contributed by atoms with E-state index in [1.54, 1.807) is 0 Å². The monoisotopic (exact) mass is 269 g/mol. The van der Waals surface area contributed by atoms with Gasteiger partial charge in [-0.05, 0) is 32.9 Å². The average molecular weight is 270 g/mol. The highest BCUT2D eigenvalue weighted by molar-refractivity contribution is 6.30. The minimum Gasteiger partial charge on any atom is -0.476 e. The number of halogens is 1. The fraction of sp³-hybridized carbons (Fsp3) is 0.692. The van der Waals surface area contributed by atoms with Crippen LogP contribution in [0.1, 0.15) is 31.7 Å². The molecular formula is C13H20ClN3O. The van der Waals surface area contributed by atoms with Crippen LogP contribution in [0.5, 0.6) is 5.88 Å². The van der Waals surface area contributed by atoms with Crippen molar-refractivity contribution in [2.45, 2.75) is 38.6 Å². The van der Waals surface area contributed by atoms with Gasteiger partial charge in [0.05, 0.1) is 5.56 Å². The molecule has 0 bridgehead atoms. The van der Waals surface area contributed by atoms with Crippen molar-refractivity contribution in [3.63, 3.8) is 0 Å². The summed E-state index contributed by atoms with van der Waals surface area (Å²) in [5, 5.41) is 0.500. The number of piperidine rings is 1. The number of hydrogen-bond donors (Lipinski definition) is 0. The van der Waals surface area contributed by atoms with Gasteiger partial charge in [0.2, 0.25) is 5.88 Å². The zero-order valence-corrected chi connectivity index (χ0v) is 11.8. The summed E-state index contributed by atoms with van der Waals surface area (Å²) in [6.45, 7) is 3.86. The van der Waals surface area contributed by atoms with Crippen LogP contribution in [0.3, 0.4) is 0 Å². The highest BCUT2D eigenvalue weighted by Gasteiger charge is 2.20. The highest BCUT2D eigenvalue weighted by atomic mass is 35.5. The van der Waals surface area contributed by atoms with E-state index in [2.05, 4.69) is 21.9 Å². The fourth-order valence-electron chi connectivity index (χ4n) is 2.33. The maximum atomic E-state index is 6.04. The van der Waals surface area contributed by atoms with E-state index in [1.807, 2.05) is 6.92 Å². The summed E-state index contributed by atoms with van der Waals surface area (Å²) in [5.41, 5.74) is 0.901. The van der Waals surface area contributed by atoms with Gasteiger partial charge in [-0.1, -0.05) is 24.9 Å². The SMILES string of the molecule is CCc1c(Cl)ncnc1OCC1CCCCN1C. The van der Waals surface area contributed by atoms with Crippen LogP contribution < -0.4 is 4.74 Å². The summed E-state index contributed by atoms with van der Waals surface area (Å²) in [4.78, 5) is 10.5. The molecule has 0 aliphatic carbocycles. The summed E-state index contributed by atoms with van der Waals surface area (Å²) < 4.78 is 5.84. The maximum Gasteiger partial charge on any atom is 0.221 e. The maximum absolute atomic E-state index is 6.04. The first-order valence-electron chi connectivity index (χ1n) is 6.54. The predicted octanol–water partition coefficient (Wildman–Crippen LogP) is 2.56. The molecule has 1 saturated heterocycles. The second kappa shape index (κ2) is 6.34. The first kappa shape index (κ1) is 13.6. The van der Waals surface area contributed by atoms with Crippen LogP contribution in [0.25, 0.3) is 0 Å². The molecule has 0 spiro atoms. The zero-order chi connectivity index (χ0) is 13.0. The summed E-state index contributed by atoms with van der Waals surface area (Å²) >= 11 is 6.04. The van der Waals surface area contributed by atoms with Crippen molar-refractivity contribution in [2.24, 2.45) is 0 Å². The molecule has 5 heteroatoms. The Hall–Kier alpha value is -0.870. The number of ether oxygens (including phenoxy) is 1. The van der Waals surface area contributed by atoms with Crippen LogP contribution in [0, 0.1) is 0 Å². The lowest BCUT2D eigenvalue weighted by molar-refractivity contribution is 0.122. The van der Waals surface area contributed by atoms with Crippen LogP contribution in [-0.4, -0.2) is 41.1 Å². The van der Waals surface area contributed by atoms with Crippen LogP contribution in [-0.2, 0) is 6.42 Å². The Morgan fingerprint density at radius 3 is 3.00 bits per heavy atom. The number of aromatic nitrogens is 2. The average Bonchev–Trinajstić information content (AvgIpc) is 2.38. The molecular weight excluding hydrogens is 250 g/mol. The topological polar surface area (TPSA) is 38.3 Å². The van der Waals surface area contributed by atoms with Crippen molar-refractivity contribution in [1.29, 1.82) is 0 Å². The Kier molecular flexibility index (Phi) is 4.78. The Balaban J connectivity index is 1.99. The van der Waals surface area contributed by atoms with Gasteiger partial charge in [0, 0.05) is 6.04 Å². The summed E-state index contributed by atoms with van der Waals surface area (Å²) in [6.07, 6.45) is 6.00. The molecule has 1 aromatic heterocycles. The van der Waals surface area contributed by atoms with Crippen LogP contribution in [0.15, 0.2) is 6.33 Å². The Morgan fingerprint density at radius 1 is 1.44 bits per heavy atom. The van der Waals surface area contributed by atoms with Gasteiger partial charge in [0.25, 0.3) is 0 Å². The summed E-state index contributed by atoms with van der Waals surface area (Å²) in [7, 11) is 2.15. The first-order valence-corrected chi connectivity index (χ1v) is 6.92. The fourth-order valence-corrected chi connectivity index (χ4v) is 2.59. The van der Waals surface area contributed by atoms with Crippen molar-refractivity contribution in [2.75, 3.05) is 20.2 Å². The van der Waals surface area contributed by atoms with Crippen LogP contribution >= 0.6 is 11.6 Å². The van der Waals surface area contributed by atoms with E-state index in [1.165, 1.54) is 25.6 Å². The van der Waals surface area contributed by atoms with Crippen LogP contribution in [0.4, 0.5) is 0 Å². The molecule has 0 N–H and O–H groups in total. The lowest BCUT2D eigenvalue weighted by Crippen LogP contribution is -2.40. The molecule has 0 amide bonds. The number of likely N-dealkylation sites (tertiary alicyclic amines) is 1. The van der Waals surface area contributed by atoms with Gasteiger partial charge < -0.3 is 9.64 Å². The van der Waals surface area contributed by atoms with Crippen molar-refractivity contribution in [3.05, 3.63) is 17.0 Å². The van der Waals surface area contributed by atoms with Gasteiger partial charge >= 0.3 is 0 Å². The van der Waals surface area contributed by atoms with E-state index in [0.29, 0.717) is 23.7 Å². The lowest BCUT2D eigenvalue weighted by Gasteiger charge is -2.32. The molecule has 1 atom stereocenters. The van der Waals surface area contributed by atoms with E-state index in [-0.39, 0.29) is 0 Å². The third-order valence-electron chi connectivity index (χ3n) is 3.54. The largest absolute Gasteiger partial charge is 0.476 e. The van der Waals surface area contributed by atoms with Crippen molar-refractivity contribution >= 4 is 11.6 Å². The van der Waals surface area contributed by atoms with Crippen molar-refractivity contribution in [1.82, 2.24) is 14.9 Å². The Morgan fingerprint density at radius 2 is 2.28 bits per heavy atom. The van der Waals surface area contributed by atoms with E-state index >= 15 is 0 Å². The predicted molar refractivity (Wildman–Crippen MR) is 72.2 cm³/mol. The summed E-state index contributed by atoms with van der Waals surface area (Å²) in [5.74, 6) is 0.636. The van der Waals surface area contributed by atoms with Gasteiger partial charge in [0.1, 0.15) is 18.1 Å². The van der Waals surface area contributed by atoms with Gasteiger partial charge in [-0.15, -0.1) is 0 Å². The third-order valence-corrected chi connectivity index (χ3v) is 3.87. The molecule has 1 aromatic rings. The molecule has 4 nitrogen and oxygen atoms in total. The number of nitrogens with zero attached hydrogens (tertiary/aromatic N) is 3. The Bertz CT molecular complexity index is 400. The smallest absolute Gasteiger partial charge is 0.221 e. The molecule has 1 aliphatic rings. The van der Waals surface area contributed by atoms with Crippen LogP contribution in [0.2, 0.25) is 5.15 Å². The van der Waals surface area contributed by atoms with E-state index in [0.717, 1.165) is 18.5 Å². The third kappa shape index (κ3) is 3.12. The standard InChI is InChI=1S/C13H20ClN3O/c1-3-11-12(14)15-9-16-13(11)18-8-10-6-4-5-7-17(10)2/h9-10H,3-8H2,1-2H3.